The maximum absolute atomic E-state index is 11.4. The lowest BCUT2D eigenvalue weighted by atomic mass is 10.1. The van der Waals surface area contributed by atoms with Gasteiger partial charge in [-0.1, -0.05) is 15.9 Å². The van der Waals surface area contributed by atoms with Crippen LogP contribution in [0.25, 0.3) is 11.0 Å². The van der Waals surface area contributed by atoms with Crippen molar-refractivity contribution in [3.63, 3.8) is 0 Å². The van der Waals surface area contributed by atoms with Crippen molar-refractivity contribution < 1.29 is 9.52 Å². The van der Waals surface area contributed by atoms with Crippen molar-refractivity contribution >= 4 is 26.9 Å². The van der Waals surface area contributed by atoms with E-state index >= 15 is 0 Å². The van der Waals surface area contributed by atoms with Gasteiger partial charge in [0, 0.05) is 29.0 Å². The molecule has 1 heterocycles. The standard InChI is InChI=1S/C12H12BrNO3/c13-9-1-2-10-8(7-14-3-4-15)5-12(16)17-11(10)6-9/h1-2,5-6,14-15H,3-4,7H2. The second-order valence-electron chi connectivity index (χ2n) is 3.63. The first kappa shape index (κ1) is 12.3. The lowest BCUT2D eigenvalue weighted by Crippen LogP contribution is -2.18. The van der Waals surface area contributed by atoms with Gasteiger partial charge in [-0.25, -0.2) is 4.79 Å². The number of aliphatic hydroxyl groups excluding tert-OH is 1. The molecular formula is C12H12BrNO3. The van der Waals surface area contributed by atoms with Gasteiger partial charge in [0.2, 0.25) is 0 Å². The number of halogens is 1. The van der Waals surface area contributed by atoms with Gasteiger partial charge in [-0.2, -0.15) is 0 Å². The first-order chi connectivity index (χ1) is 8.20. The summed E-state index contributed by atoms with van der Waals surface area (Å²) in [6.45, 7) is 1.10. The molecule has 0 amide bonds. The van der Waals surface area contributed by atoms with Gasteiger partial charge in [-0.05, 0) is 23.8 Å². The summed E-state index contributed by atoms with van der Waals surface area (Å²) >= 11 is 3.33. The quantitative estimate of drug-likeness (QED) is 0.665. The minimum atomic E-state index is -0.364. The molecular weight excluding hydrogens is 286 g/mol. The summed E-state index contributed by atoms with van der Waals surface area (Å²) in [6.07, 6.45) is 0. The van der Waals surface area contributed by atoms with E-state index in [2.05, 4.69) is 21.2 Å². The molecule has 2 N–H and O–H groups in total. The third-order valence-corrected chi connectivity index (χ3v) is 2.89. The molecule has 1 aromatic carbocycles. The highest BCUT2D eigenvalue weighted by Crippen LogP contribution is 2.21. The number of rotatable bonds is 4. The van der Waals surface area contributed by atoms with E-state index in [9.17, 15) is 4.79 Å². The SMILES string of the molecule is O=c1cc(CNCCO)c2ccc(Br)cc2o1. The van der Waals surface area contributed by atoms with Crippen molar-refractivity contribution in [2.45, 2.75) is 6.54 Å². The average molecular weight is 298 g/mol. The predicted molar refractivity (Wildman–Crippen MR) is 69.0 cm³/mol. The Kier molecular flexibility index (Phi) is 3.93. The van der Waals surface area contributed by atoms with Gasteiger partial charge in [-0.15, -0.1) is 0 Å². The Morgan fingerprint density at radius 3 is 2.94 bits per heavy atom. The molecule has 2 aromatic rings. The first-order valence-corrected chi connectivity index (χ1v) is 6.04. The first-order valence-electron chi connectivity index (χ1n) is 5.24. The molecule has 4 nitrogen and oxygen atoms in total. The van der Waals surface area contributed by atoms with E-state index in [0.717, 1.165) is 15.4 Å². The second-order valence-corrected chi connectivity index (χ2v) is 4.55. The molecule has 0 bridgehead atoms. The van der Waals surface area contributed by atoms with Gasteiger partial charge in [0.05, 0.1) is 6.61 Å². The molecule has 0 atom stereocenters. The molecule has 0 saturated heterocycles. The highest BCUT2D eigenvalue weighted by atomic mass is 79.9. The van der Waals surface area contributed by atoms with Crippen LogP contribution in [-0.2, 0) is 6.54 Å². The predicted octanol–water partition coefficient (Wildman–Crippen LogP) is 1.64. The molecule has 90 valence electrons. The third kappa shape index (κ3) is 2.94. The van der Waals surface area contributed by atoms with E-state index in [4.69, 9.17) is 9.52 Å². The summed E-state index contributed by atoms with van der Waals surface area (Å²) in [5.74, 6) is 0. The average Bonchev–Trinajstić information content (AvgIpc) is 2.28. The number of hydrogen-bond donors (Lipinski definition) is 2. The number of hydrogen-bond acceptors (Lipinski definition) is 4. The van der Waals surface area contributed by atoms with E-state index in [1.165, 1.54) is 6.07 Å². The van der Waals surface area contributed by atoms with Crippen LogP contribution in [0.5, 0.6) is 0 Å². The fourth-order valence-corrected chi connectivity index (χ4v) is 1.99. The van der Waals surface area contributed by atoms with Gasteiger partial charge < -0.3 is 14.8 Å². The third-order valence-electron chi connectivity index (χ3n) is 2.40. The van der Waals surface area contributed by atoms with Crippen LogP contribution in [0.3, 0.4) is 0 Å². The Balaban J connectivity index is 2.43. The van der Waals surface area contributed by atoms with Crippen molar-refractivity contribution in [2.75, 3.05) is 13.2 Å². The molecule has 17 heavy (non-hydrogen) atoms. The minimum absolute atomic E-state index is 0.0743. The number of benzene rings is 1. The van der Waals surface area contributed by atoms with Crippen LogP contribution in [0.4, 0.5) is 0 Å². The molecule has 0 radical (unpaired) electrons. The van der Waals surface area contributed by atoms with Crippen LogP contribution in [0, 0.1) is 0 Å². The Bertz CT molecular complexity index is 579. The summed E-state index contributed by atoms with van der Waals surface area (Å²) in [5.41, 5.74) is 1.07. The molecule has 2 rings (SSSR count). The van der Waals surface area contributed by atoms with Gasteiger partial charge in [0.25, 0.3) is 0 Å². The number of fused-ring (bicyclic) bond motifs is 1. The molecule has 0 unspecified atom stereocenters. The summed E-state index contributed by atoms with van der Waals surface area (Å²) in [5, 5.41) is 12.6. The molecule has 1 aromatic heterocycles. The molecule has 0 fully saturated rings. The highest BCUT2D eigenvalue weighted by Gasteiger charge is 2.05. The summed E-state index contributed by atoms with van der Waals surface area (Å²) in [6, 6.07) is 7.04. The van der Waals surface area contributed by atoms with Crippen LogP contribution in [0.1, 0.15) is 5.56 Å². The van der Waals surface area contributed by atoms with Crippen LogP contribution < -0.4 is 10.9 Å². The smallest absolute Gasteiger partial charge is 0.336 e. The number of aliphatic hydroxyl groups is 1. The second kappa shape index (κ2) is 5.44. The zero-order valence-electron chi connectivity index (χ0n) is 9.07. The van der Waals surface area contributed by atoms with Crippen LogP contribution in [-0.4, -0.2) is 18.3 Å². The maximum atomic E-state index is 11.4. The largest absolute Gasteiger partial charge is 0.423 e. The molecule has 0 aliphatic rings. The lowest BCUT2D eigenvalue weighted by molar-refractivity contribution is 0.292. The normalized spacial score (nSPS) is 10.9. The zero-order chi connectivity index (χ0) is 12.3. The maximum Gasteiger partial charge on any atom is 0.336 e. The van der Waals surface area contributed by atoms with Crippen molar-refractivity contribution in [3.05, 3.63) is 44.7 Å². The van der Waals surface area contributed by atoms with Crippen molar-refractivity contribution in [3.8, 4) is 0 Å². The molecule has 0 aliphatic heterocycles. The van der Waals surface area contributed by atoms with Crippen molar-refractivity contribution in [1.82, 2.24) is 5.32 Å². The van der Waals surface area contributed by atoms with E-state index in [-0.39, 0.29) is 12.2 Å². The van der Waals surface area contributed by atoms with E-state index in [0.29, 0.717) is 18.7 Å². The van der Waals surface area contributed by atoms with Crippen molar-refractivity contribution in [2.24, 2.45) is 0 Å². The fourth-order valence-electron chi connectivity index (χ4n) is 1.65. The fraction of sp³-hybridized carbons (Fsp3) is 0.250. The van der Waals surface area contributed by atoms with E-state index in [1.54, 1.807) is 6.07 Å². The van der Waals surface area contributed by atoms with E-state index in [1.807, 2.05) is 12.1 Å². The zero-order valence-corrected chi connectivity index (χ0v) is 10.7. The van der Waals surface area contributed by atoms with Gasteiger partial charge in [0.1, 0.15) is 5.58 Å². The Morgan fingerprint density at radius 2 is 2.18 bits per heavy atom. The van der Waals surface area contributed by atoms with Gasteiger partial charge in [-0.3, -0.25) is 0 Å². The Morgan fingerprint density at radius 1 is 1.35 bits per heavy atom. The van der Waals surface area contributed by atoms with Gasteiger partial charge in [0.15, 0.2) is 0 Å². The van der Waals surface area contributed by atoms with Crippen LogP contribution in [0.15, 0.2) is 37.9 Å². The highest BCUT2D eigenvalue weighted by molar-refractivity contribution is 9.10. The molecule has 0 aliphatic carbocycles. The lowest BCUT2D eigenvalue weighted by Gasteiger charge is -2.06. The van der Waals surface area contributed by atoms with Crippen LogP contribution >= 0.6 is 15.9 Å². The Hall–Kier alpha value is -1.17. The summed E-state index contributed by atoms with van der Waals surface area (Å²) in [4.78, 5) is 11.4. The summed E-state index contributed by atoms with van der Waals surface area (Å²) < 4.78 is 6.00. The van der Waals surface area contributed by atoms with Crippen molar-refractivity contribution in [1.29, 1.82) is 0 Å². The minimum Gasteiger partial charge on any atom is -0.423 e. The molecule has 0 spiro atoms. The molecule has 5 heteroatoms. The topological polar surface area (TPSA) is 62.5 Å². The van der Waals surface area contributed by atoms with E-state index < -0.39 is 0 Å². The van der Waals surface area contributed by atoms with Crippen LogP contribution in [0.2, 0.25) is 0 Å². The van der Waals surface area contributed by atoms with Gasteiger partial charge >= 0.3 is 5.63 Å². The summed E-state index contributed by atoms with van der Waals surface area (Å²) in [7, 11) is 0. The number of nitrogens with one attached hydrogen (secondary N) is 1. The monoisotopic (exact) mass is 297 g/mol. The molecule has 0 saturated carbocycles. The Labute approximate surface area is 106 Å².